The molecule has 0 radical (unpaired) electrons. The molecule has 0 saturated heterocycles. The average molecular weight is 447 g/mol. The van der Waals surface area contributed by atoms with E-state index in [-0.39, 0.29) is 18.0 Å². The number of nitrogens with zero attached hydrogens (tertiary/aromatic N) is 2. The SMILES string of the molecule is O=C(O)c1ccc(CNC(=O)c2ccnc(C#CCc3cccc(-c4ccncc4)c3)c2)cc1. The monoisotopic (exact) mass is 447 g/mol. The van der Waals surface area contributed by atoms with Gasteiger partial charge in [0.1, 0.15) is 5.69 Å². The fraction of sp³-hybridized carbons (Fsp3) is 0.0714. The first-order chi connectivity index (χ1) is 16.6. The lowest BCUT2D eigenvalue weighted by molar-refractivity contribution is 0.0696. The van der Waals surface area contributed by atoms with E-state index < -0.39 is 5.97 Å². The van der Waals surface area contributed by atoms with Gasteiger partial charge in [-0.3, -0.25) is 9.78 Å². The number of aromatic nitrogens is 2. The van der Waals surface area contributed by atoms with E-state index in [0.29, 0.717) is 17.7 Å². The molecular weight excluding hydrogens is 426 g/mol. The van der Waals surface area contributed by atoms with E-state index in [2.05, 4.69) is 39.3 Å². The minimum Gasteiger partial charge on any atom is -0.478 e. The zero-order valence-corrected chi connectivity index (χ0v) is 18.2. The van der Waals surface area contributed by atoms with Crippen LogP contribution in [-0.4, -0.2) is 27.0 Å². The van der Waals surface area contributed by atoms with E-state index in [1.165, 1.54) is 12.1 Å². The van der Waals surface area contributed by atoms with Crippen molar-refractivity contribution in [3.05, 3.63) is 119 Å². The second-order valence-electron chi connectivity index (χ2n) is 7.53. The van der Waals surface area contributed by atoms with Crippen molar-refractivity contribution >= 4 is 11.9 Å². The highest BCUT2D eigenvalue weighted by Crippen LogP contribution is 2.19. The summed E-state index contributed by atoms with van der Waals surface area (Å²) in [6, 6.07) is 21.8. The first-order valence-corrected chi connectivity index (χ1v) is 10.6. The summed E-state index contributed by atoms with van der Waals surface area (Å²) in [7, 11) is 0. The van der Waals surface area contributed by atoms with E-state index in [0.717, 1.165) is 22.3 Å². The first-order valence-electron chi connectivity index (χ1n) is 10.6. The van der Waals surface area contributed by atoms with Gasteiger partial charge in [-0.1, -0.05) is 42.3 Å². The molecule has 4 aromatic rings. The topological polar surface area (TPSA) is 92.2 Å². The van der Waals surface area contributed by atoms with Gasteiger partial charge in [0, 0.05) is 37.1 Å². The fourth-order valence-electron chi connectivity index (χ4n) is 3.33. The van der Waals surface area contributed by atoms with Crippen LogP contribution in [0.1, 0.15) is 37.5 Å². The molecule has 0 aliphatic heterocycles. The van der Waals surface area contributed by atoms with E-state index in [1.54, 1.807) is 42.9 Å². The van der Waals surface area contributed by atoms with Crippen LogP contribution in [0.2, 0.25) is 0 Å². The molecule has 0 saturated carbocycles. The number of rotatable bonds is 6. The number of carboxylic acids is 1. The second-order valence-corrected chi connectivity index (χ2v) is 7.53. The van der Waals surface area contributed by atoms with Crippen molar-refractivity contribution in [1.82, 2.24) is 15.3 Å². The van der Waals surface area contributed by atoms with E-state index in [9.17, 15) is 9.59 Å². The van der Waals surface area contributed by atoms with Gasteiger partial charge in [0.25, 0.3) is 5.91 Å². The quantitative estimate of drug-likeness (QED) is 0.429. The molecule has 2 aromatic heterocycles. The van der Waals surface area contributed by atoms with Crippen LogP contribution in [0.15, 0.2) is 91.4 Å². The van der Waals surface area contributed by atoms with Gasteiger partial charge in [0.05, 0.1) is 5.56 Å². The molecule has 0 aliphatic rings. The molecule has 2 aromatic carbocycles. The maximum atomic E-state index is 12.5. The first kappa shape index (κ1) is 22.4. The predicted octanol–water partition coefficient (Wildman–Crippen LogP) is 4.37. The van der Waals surface area contributed by atoms with Crippen molar-refractivity contribution in [3.63, 3.8) is 0 Å². The number of benzene rings is 2. The summed E-state index contributed by atoms with van der Waals surface area (Å²) in [5.41, 5.74) is 5.28. The molecule has 0 aliphatic carbocycles. The highest BCUT2D eigenvalue weighted by atomic mass is 16.4. The van der Waals surface area contributed by atoms with Crippen LogP contribution in [0.3, 0.4) is 0 Å². The summed E-state index contributed by atoms with van der Waals surface area (Å²) in [5, 5.41) is 11.8. The van der Waals surface area contributed by atoms with Crippen LogP contribution in [0.25, 0.3) is 11.1 Å². The van der Waals surface area contributed by atoms with Gasteiger partial charge >= 0.3 is 5.97 Å². The maximum absolute atomic E-state index is 12.5. The smallest absolute Gasteiger partial charge is 0.335 e. The van der Waals surface area contributed by atoms with E-state index >= 15 is 0 Å². The zero-order valence-electron chi connectivity index (χ0n) is 18.2. The zero-order chi connectivity index (χ0) is 23.8. The van der Waals surface area contributed by atoms with Crippen LogP contribution in [0.5, 0.6) is 0 Å². The minimum atomic E-state index is -0.984. The van der Waals surface area contributed by atoms with Crippen molar-refractivity contribution in [2.75, 3.05) is 0 Å². The lowest BCUT2D eigenvalue weighted by Crippen LogP contribution is -2.23. The Morgan fingerprint density at radius 3 is 2.38 bits per heavy atom. The molecule has 0 spiro atoms. The van der Waals surface area contributed by atoms with Crippen LogP contribution < -0.4 is 5.32 Å². The molecule has 0 fully saturated rings. The van der Waals surface area contributed by atoms with Crippen LogP contribution in [0.4, 0.5) is 0 Å². The van der Waals surface area contributed by atoms with Gasteiger partial charge in [-0.15, -0.1) is 0 Å². The number of hydrogen-bond donors (Lipinski definition) is 2. The third-order valence-electron chi connectivity index (χ3n) is 5.13. The average Bonchev–Trinajstić information content (AvgIpc) is 2.88. The predicted molar refractivity (Wildman–Crippen MR) is 129 cm³/mol. The lowest BCUT2D eigenvalue weighted by atomic mass is 10.0. The Morgan fingerprint density at radius 2 is 1.62 bits per heavy atom. The van der Waals surface area contributed by atoms with Crippen LogP contribution in [-0.2, 0) is 13.0 Å². The number of carboxylic acid groups (broad SMARTS) is 1. The molecular formula is C28H21N3O3. The Hall–Kier alpha value is -4.76. The lowest BCUT2D eigenvalue weighted by Gasteiger charge is -2.06. The summed E-state index contributed by atoms with van der Waals surface area (Å²) in [6.45, 7) is 0.288. The van der Waals surface area contributed by atoms with Gasteiger partial charge in [-0.25, -0.2) is 9.78 Å². The summed E-state index contributed by atoms with van der Waals surface area (Å²) in [4.78, 5) is 31.8. The Kier molecular flexibility index (Phi) is 7.06. The van der Waals surface area contributed by atoms with Gasteiger partial charge < -0.3 is 10.4 Å². The summed E-state index contributed by atoms with van der Waals surface area (Å²) in [6.07, 6.45) is 5.66. The molecule has 34 heavy (non-hydrogen) atoms. The van der Waals surface area contributed by atoms with Crippen LogP contribution >= 0.6 is 0 Å². The normalized spacial score (nSPS) is 10.1. The summed E-state index contributed by atoms with van der Waals surface area (Å²) < 4.78 is 0. The standard InChI is InChI=1S/C28H21N3O3/c32-27(31-19-21-7-9-23(10-8-21)28(33)34)25-13-16-30-26(18-25)6-2-4-20-3-1-5-24(17-20)22-11-14-29-15-12-22/h1,3,5,7-18H,4,19H2,(H,31,32)(H,33,34). The van der Waals surface area contributed by atoms with Crippen molar-refractivity contribution in [1.29, 1.82) is 0 Å². The third-order valence-corrected chi connectivity index (χ3v) is 5.13. The molecule has 6 nitrogen and oxygen atoms in total. The number of carbonyl (C=O) groups excluding carboxylic acids is 1. The fourth-order valence-corrected chi connectivity index (χ4v) is 3.33. The highest BCUT2D eigenvalue weighted by Gasteiger charge is 2.07. The van der Waals surface area contributed by atoms with E-state index in [1.807, 2.05) is 24.3 Å². The molecule has 2 N–H and O–H groups in total. The Labute approximate surface area is 197 Å². The molecule has 6 heteroatoms. The molecule has 1 amide bonds. The number of amides is 1. The highest BCUT2D eigenvalue weighted by molar-refractivity contribution is 5.94. The van der Waals surface area contributed by atoms with Crippen molar-refractivity contribution in [2.24, 2.45) is 0 Å². The minimum absolute atomic E-state index is 0.205. The maximum Gasteiger partial charge on any atom is 0.335 e. The van der Waals surface area contributed by atoms with Gasteiger partial charge in [0.2, 0.25) is 0 Å². The second kappa shape index (κ2) is 10.7. The molecule has 0 unspecified atom stereocenters. The number of pyridine rings is 2. The number of aromatic carboxylic acids is 1. The Bertz CT molecular complexity index is 1370. The summed E-state index contributed by atoms with van der Waals surface area (Å²) in [5.74, 6) is 4.93. The summed E-state index contributed by atoms with van der Waals surface area (Å²) >= 11 is 0. The molecule has 2 heterocycles. The largest absolute Gasteiger partial charge is 0.478 e. The van der Waals surface area contributed by atoms with Crippen LogP contribution in [0, 0.1) is 11.8 Å². The van der Waals surface area contributed by atoms with Gasteiger partial charge in [0.15, 0.2) is 0 Å². The third kappa shape index (κ3) is 5.93. The number of hydrogen-bond acceptors (Lipinski definition) is 4. The van der Waals surface area contributed by atoms with Crippen molar-refractivity contribution in [3.8, 4) is 23.0 Å². The molecule has 0 bridgehead atoms. The Balaban J connectivity index is 1.38. The van der Waals surface area contributed by atoms with Gasteiger partial charge in [-0.05, 0) is 64.6 Å². The van der Waals surface area contributed by atoms with Gasteiger partial charge in [-0.2, -0.15) is 0 Å². The number of carbonyl (C=O) groups is 2. The number of nitrogens with one attached hydrogen (secondary N) is 1. The molecule has 0 atom stereocenters. The van der Waals surface area contributed by atoms with E-state index in [4.69, 9.17) is 5.11 Å². The van der Waals surface area contributed by atoms with Crippen molar-refractivity contribution < 1.29 is 14.7 Å². The molecule has 4 rings (SSSR count). The Morgan fingerprint density at radius 1 is 0.824 bits per heavy atom. The molecule has 166 valence electrons. The van der Waals surface area contributed by atoms with Crippen molar-refractivity contribution in [2.45, 2.75) is 13.0 Å².